The first kappa shape index (κ1) is 21.6. The average Bonchev–Trinajstić information content (AvgIpc) is 3.41. The molecule has 1 saturated heterocycles. The molecule has 0 bridgehead atoms. The van der Waals surface area contributed by atoms with Crippen LogP contribution in [0.5, 0.6) is 0 Å². The van der Waals surface area contributed by atoms with Crippen molar-refractivity contribution in [3.8, 4) is 0 Å². The van der Waals surface area contributed by atoms with E-state index in [2.05, 4.69) is 15.4 Å². The first-order chi connectivity index (χ1) is 13.5. The Balaban J connectivity index is 0.00000240. The maximum Gasteiger partial charge on any atom is 0.261 e. The van der Waals surface area contributed by atoms with Gasteiger partial charge in [-0.2, -0.15) is 0 Å². The lowest BCUT2D eigenvalue weighted by Gasteiger charge is -2.23. The maximum atomic E-state index is 12.6. The molecule has 1 atom stereocenters. The zero-order chi connectivity index (χ0) is 19.6. The van der Waals surface area contributed by atoms with E-state index < -0.39 is 10.0 Å². The zero-order valence-electron chi connectivity index (χ0n) is 16.1. The van der Waals surface area contributed by atoms with E-state index in [0.29, 0.717) is 12.2 Å². The maximum absolute atomic E-state index is 12.6. The van der Waals surface area contributed by atoms with Crippen LogP contribution in [0.1, 0.15) is 24.8 Å². The standard InChI is InChI=1S/C21H25N3O3S.ClH/c25-20(18-14-21(18)10-12-22-13-11-21)23-15-16-6-4-5-9-19(16)24-28(26,27)17-7-2-1-3-8-17;/h1-9,18,22,24H,10-15H2,(H,23,25);1H. The van der Waals surface area contributed by atoms with Gasteiger partial charge in [0.15, 0.2) is 0 Å². The molecule has 1 aliphatic heterocycles. The van der Waals surface area contributed by atoms with Crippen LogP contribution in [-0.2, 0) is 21.4 Å². The molecule has 156 valence electrons. The summed E-state index contributed by atoms with van der Waals surface area (Å²) in [6.07, 6.45) is 3.07. The summed E-state index contributed by atoms with van der Waals surface area (Å²) in [6.45, 7) is 2.26. The number of carbonyl (C=O) groups is 1. The van der Waals surface area contributed by atoms with E-state index in [0.717, 1.165) is 37.9 Å². The van der Waals surface area contributed by atoms with Crippen molar-refractivity contribution in [1.82, 2.24) is 10.6 Å². The van der Waals surface area contributed by atoms with Gasteiger partial charge in [0.2, 0.25) is 5.91 Å². The number of sulfonamides is 1. The fourth-order valence-corrected chi connectivity index (χ4v) is 5.20. The molecule has 1 saturated carbocycles. The van der Waals surface area contributed by atoms with Crippen LogP contribution in [0.15, 0.2) is 59.5 Å². The summed E-state index contributed by atoms with van der Waals surface area (Å²) in [5, 5.41) is 6.35. The number of carbonyl (C=O) groups excluding carboxylic acids is 1. The van der Waals surface area contributed by atoms with E-state index in [4.69, 9.17) is 0 Å². The molecule has 2 aromatic carbocycles. The van der Waals surface area contributed by atoms with Crippen molar-refractivity contribution >= 4 is 34.0 Å². The van der Waals surface area contributed by atoms with Crippen molar-refractivity contribution in [2.75, 3.05) is 17.8 Å². The molecule has 8 heteroatoms. The number of nitrogens with one attached hydrogen (secondary N) is 3. The molecule has 1 amide bonds. The quantitative estimate of drug-likeness (QED) is 0.651. The second kappa shape index (κ2) is 8.73. The lowest BCUT2D eigenvalue weighted by atomic mass is 9.92. The van der Waals surface area contributed by atoms with Crippen LogP contribution in [-0.4, -0.2) is 27.4 Å². The Morgan fingerprint density at radius 2 is 1.69 bits per heavy atom. The highest BCUT2D eigenvalue weighted by molar-refractivity contribution is 7.92. The van der Waals surface area contributed by atoms with Crippen LogP contribution < -0.4 is 15.4 Å². The number of amides is 1. The molecule has 3 N–H and O–H groups in total. The third-order valence-electron chi connectivity index (χ3n) is 5.87. The van der Waals surface area contributed by atoms with Crippen LogP contribution in [0.25, 0.3) is 0 Å². The van der Waals surface area contributed by atoms with Crippen molar-refractivity contribution in [2.24, 2.45) is 11.3 Å². The number of hydrogen-bond donors (Lipinski definition) is 3. The highest BCUT2D eigenvalue weighted by Gasteiger charge is 2.57. The normalized spacial score (nSPS) is 19.8. The van der Waals surface area contributed by atoms with Crippen LogP contribution in [0, 0.1) is 11.3 Å². The summed E-state index contributed by atoms with van der Waals surface area (Å²) in [4.78, 5) is 12.8. The molecule has 1 heterocycles. The van der Waals surface area contributed by atoms with Gasteiger partial charge < -0.3 is 10.6 Å². The predicted octanol–water partition coefficient (Wildman–Crippen LogP) is 2.92. The summed E-state index contributed by atoms with van der Waals surface area (Å²) in [7, 11) is -3.67. The second-order valence-electron chi connectivity index (χ2n) is 7.66. The molecule has 1 spiro atoms. The number of hydrogen-bond acceptors (Lipinski definition) is 4. The topological polar surface area (TPSA) is 87.3 Å². The highest BCUT2D eigenvalue weighted by Crippen LogP contribution is 2.58. The van der Waals surface area contributed by atoms with Crippen LogP contribution in [0.2, 0.25) is 0 Å². The van der Waals surface area contributed by atoms with E-state index >= 15 is 0 Å². The molecule has 0 radical (unpaired) electrons. The summed E-state index contributed by atoms with van der Waals surface area (Å²) < 4.78 is 27.9. The molecule has 4 rings (SSSR count). The van der Waals surface area contributed by atoms with Crippen LogP contribution in [0.4, 0.5) is 5.69 Å². The minimum atomic E-state index is -3.67. The minimum Gasteiger partial charge on any atom is -0.352 e. The molecule has 1 aliphatic carbocycles. The lowest BCUT2D eigenvalue weighted by molar-refractivity contribution is -0.123. The Morgan fingerprint density at radius 1 is 1.03 bits per heavy atom. The van der Waals surface area contributed by atoms with Crippen molar-refractivity contribution in [3.05, 3.63) is 60.2 Å². The van der Waals surface area contributed by atoms with E-state index in [1.807, 2.05) is 12.1 Å². The third kappa shape index (κ3) is 4.74. The number of anilines is 1. The van der Waals surface area contributed by atoms with Gasteiger partial charge in [0.1, 0.15) is 0 Å². The van der Waals surface area contributed by atoms with Crippen molar-refractivity contribution < 1.29 is 13.2 Å². The number of benzene rings is 2. The summed E-state index contributed by atoms with van der Waals surface area (Å²) in [6, 6.07) is 15.4. The van der Waals surface area contributed by atoms with E-state index in [-0.39, 0.29) is 34.5 Å². The summed E-state index contributed by atoms with van der Waals surface area (Å²) in [5.74, 6) is 0.158. The monoisotopic (exact) mass is 435 g/mol. The minimum absolute atomic E-state index is 0. The van der Waals surface area contributed by atoms with E-state index in [1.165, 1.54) is 0 Å². The molecule has 2 aliphatic rings. The van der Waals surface area contributed by atoms with Gasteiger partial charge in [-0.05, 0) is 61.5 Å². The van der Waals surface area contributed by atoms with Gasteiger partial charge in [0, 0.05) is 12.5 Å². The average molecular weight is 436 g/mol. The molecule has 29 heavy (non-hydrogen) atoms. The summed E-state index contributed by atoms with van der Waals surface area (Å²) >= 11 is 0. The number of para-hydroxylation sites is 1. The first-order valence-electron chi connectivity index (χ1n) is 9.64. The molecule has 6 nitrogen and oxygen atoms in total. The Labute approximate surface area is 177 Å². The van der Waals surface area contributed by atoms with Gasteiger partial charge in [0.05, 0.1) is 10.6 Å². The largest absolute Gasteiger partial charge is 0.352 e. The second-order valence-corrected chi connectivity index (χ2v) is 9.34. The molecule has 2 fully saturated rings. The van der Waals surface area contributed by atoms with Gasteiger partial charge in [-0.3, -0.25) is 9.52 Å². The van der Waals surface area contributed by atoms with Gasteiger partial charge in [0.25, 0.3) is 10.0 Å². The fraction of sp³-hybridized carbons (Fsp3) is 0.381. The molecule has 1 unspecified atom stereocenters. The van der Waals surface area contributed by atoms with E-state index in [9.17, 15) is 13.2 Å². The van der Waals surface area contributed by atoms with E-state index in [1.54, 1.807) is 42.5 Å². The molecular weight excluding hydrogens is 410 g/mol. The Morgan fingerprint density at radius 3 is 2.41 bits per heavy atom. The SMILES string of the molecule is Cl.O=C(NCc1ccccc1NS(=O)(=O)c1ccccc1)C1CC12CCNCC2. The lowest BCUT2D eigenvalue weighted by Crippen LogP contribution is -2.33. The van der Waals surface area contributed by atoms with Gasteiger partial charge >= 0.3 is 0 Å². The smallest absolute Gasteiger partial charge is 0.261 e. The summed E-state index contributed by atoms with van der Waals surface area (Å²) in [5.41, 5.74) is 1.42. The van der Waals surface area contributed by atoms with Crippen molar-refractivity contribution in [1.29, 1.82) is 0 Å². The predicted molar refractivity (Wildman–Crippen MR) is 115 cm³/mol. The fourth-order valence-electron chi connectivity index (χ4n) is 4.08. The Bertz CT molecular complexity index is 960. The highest BCUT2D eigenvalue weighted by atomic mass is 35.5. The Kier molecular flexibility index (Phi) is 6.51. The van der Waals surface area contributed by atoms with Gasteiger partial charge in [-0.25, -0.2) is 8.42 Å². The number of rotatable bonds is 6. The zero-order valence-corrected chi connectivity index (χ0v) is 17.7. The first-order valence-corrected chi connectivity index (χ1v) is 11.1. The Hall–Kier alpha value is -2.09. The number of halogens is 1. The van der Waals surface area contributed by atoms with Crippen LogP contribution >= 0.6 is 12.4 Å². The van der Waals surface area contributed by atoms with Crippen molar-refractivity contribution in [2.45, 2.75) is 30.7 Å². The molecule has 2 aromatic rings. The molecular formula is C21H26ClN3O3S. The van der Waals surface area contributed by atoms with Gasteiger partial charge in [-0.15, -0.1) is 12.4 Å². The third-order valence-corrected chi connectivity index (χ3v) is 7.26. The number of piperidine rings is 1. The van der Waals surface area contributed by atoms with Crippen LogP contribution in [0.3, 0.4) is 0 Å². The molecule has 0 aromatic heterocycles. The van der Waals surface area contributed by atoms with Crippen molar-refractivity contribution in [3.63, 3.8) is 0 Å². The van der Waals surface area contributed by atoms with Gasteiger partial charge in [-0.1, -0.05) is 36.4 Å².